The smallest absolute Gasteiger partial charge is 0.245 e. The minimum absolute atomic E-state index is 0.0114. The molecule has 0 saturated carbocycles. The monoisotopic (exact) mass is 680 g/mol. The Balaban J connectivity index is 2.05. The van der Waals surface area contributed by atoms with Gasteiger partial charge in [-0.3, -0.25) is 28.8 Å². The number of amides is 6. The Bertz CT molecular complexity index is 1460. The van der Waals surface area contributed by atoms with Crippen molar-refractivity contribution in [3.05, 3.63) is 65.7 Å². The fourth-order valence-corrected chi connectivity index (χ4v) is 5.34. The molecule has 49 heavy (non-hydrogen) atoms. The third-order valence-electron chi connectivity index (χ3n) is 8.02. The molecule has 1 saturated heterocycles. The molecule has 6 amide bonds. The zero-order chi connectivity index (χ0) is 36.2. The fraction of sp³-hybridized carbons (Fsp3) is 0.486. The summed E-state index contributed by atoms with van der Waals surface area (Å²) in [6.45, 7) is 7.82. The average Bonchev–Trinajstić information content (AvgIpc) is 3.04. The van der Waals surface area contributed by atoms with E-state index >= 15 is 0 Å². The Kier molecular flexibility index (Phi) is 14.1. The second kappa shape index (κ2) is 18.0. The maximum Gasteiger partial charge on any atom is 0.245 e. The predicted octanol–water partition coefficient (Wildman–Crippen LogP) is -0.186. The maximum atomic E-state index is 13.9. The lowest BCUT2D eigenvalue weighted by Crippen LogP contribution is -2.62. The van der Waals surface area contributed by atoms with E-state index in [0.717, 1.165) is 0 Å². The van der Waals surface area contributed by atoms with Crippen LogP contribution in [0, 0.1) is 11.8 Å². The minimum Gasteiger partial charge on any atom is -0.508 e. The molecular weight excluding hydrogens is 632 g/mol. The van der Waals surface area contributed by atoms with Crippen molar-refractivity contribution in [1.29, 1.82) is 0 Å². The molecular formula is C35H48N6O8. The molecule has 0 bridgehead atoms. The molecule has 3 rings (SSSR count). The van der Waals surface area contributed by atoms with Crippen LogP contribution in [0.3, 0.4) is 0 Å². The van der Waals surface area contributed by atoms with Crippen LogP contribution in [0.4, 0.5) is 0 Å². The van der Waals surface area contributed by atoms with E-state index in [-0.39, 0.29) is 30.9 Å². The zero-order valence-corrected chi connectivity index (χ0v) is 28.5. The first-order valence-corrected chi connectivity index (χ1v) is 16.4. The summed E-state index contributed by atoms with van der Waals surface area (Å²) in [4.78, 5) is 81.0. The van der Waals surface area contributed by atoms with E-state index in [1.807, 2.05) is 13.8 Å². The summed E-state index contributed by atoms with van der Waals surface area (Å²) in [5, 5.41) is 35.8. The first kappa shape index (κ1) is 38.5. The first-order chi connectivity index (χ1) is 23.1. The summed E-state index contributed by atoms with van der Waals surface area (Å²) in [6.07, 6.45) is -1.19. The number of aliphatic hydroxyl groups excluding tert-OH is 1. The van der Waals surface area contributed by atoms with E-state index in [2.05, 4.69) is 31.9 Å². The van der Waals surface area contributed by atoms with Gasteiger partial charge in [0.2, 0.25) is 35.4 Å². The summed E-state index contributed by atoms with van der Waals surface area (Å²) in [7, 11) is 0. The summed E-state index contributed by atoms with van der Waals surface area (Å²) in [6, 6.07) is 8.76. The second-order valence-electron chi connectivity index (χ2n) is 13.1. The van der Waals surface area contributed by atoms with E-state index in [1.165, 1.54) is 19.1 Å². The predicted molar refractivity (Wildman–Crippen MR) is 181 cm³/mol. The maximum absolute atomic E-state index is 13.9. The molecule has 8 N–H and O–H groups in total. The van der Waals surface area contributed by atoms with Crippen LogP contribution < -0.4 is 31.9 Å². The largest absolute Gasteiger partial charge is 0.508 e. The average molecular weight is 681 g/mol. The van der Waals surface area contributed by atoms with Gasteiger partial charge in [-0.05, 0) is 48.4 Å². The van der Waals surface area contributed by atoms with E-state index in [9.17, 15) is 39.0 Å². The standard InChI is InChI=1S/C35H48N6O8/c1-19(2)15-25-31(45)38-27(17-23-11-13-24(43)14-12-23)33(47)41-29(20(3)4)34(48)36-18-28(44)40-30(21(5)42)35(49)39-26(32(46)37-25)16-22-9-7-6-8-10-22/h6-14,19-21,25-27,29-30,42-43H,15-18H2,1-5H3,(H,36,48)(H,37,46)(H,38,45)(H,39,49)(H,40,44)(H,41,47)/t21-,25+,26-,27-,29+,30+/m0/s1. The van der Waals surface area contributed by atoms with Crippen LogP contribution in [-0.4, -0.2) is 88.5 Å². The van der Waals surface area contributed by atoms with Crippen LogP contribution in [0.2, 0.25) is 0 Å². The van der Waals surface area contributed by atoms with Gasteiger partial charge in [-0.1, -0.05) is 70.2 Å². The molecule has 0 aromatic heterocycles. The van der Waals surface area contributed by atoms with Gasteiger partial charge in [0.25, 0.3) is 0 Å². The highest BCUT2D eigenvalue weighted by molar-refractivity contribution is 5.97. The highest BCUT2D eigenvalue weighted by atomic mass is 16.3. The number of benzene rings is 2. The molecule has 14 nitrogen and oxygen atoms in total. The number of phenols is 1. The number of aliphatic hydroxyl groups is 1. The lowest BCUT2D eigenvalue weighted by molar-refractivity contribution is -0.137. The number of phenolic OH excluding ortho intramolecular Hbond substituents is 1. The number of rotatable bonds is 8. The Hall–Kier alpha value is -4.98. The normalized spacial score (nSPS) is 24.0. The molecule has 1 fully saturated rings. The summed E-state index contributed by atoms with van der Waals surface area (Å²) in [5.74, 6) is -4.86. The highest BCUT2D eigenvalue weighted by Gasteiger charge is 2.35. The quantitative estimate of drug-likeness (QED) is 0.187. The van der Waals surface area contributed by atoms with Crippen molar-refractivity contribution in [3.8, 4) is 5.75 Å². The third-order valence-corrected chi connectivity index (χ3v) is 8.02. The lowest BCUT2D eigenvalue weighted by atomic mass is 9.98. The number of carbonyl (C=O) groups is 6. The van der Waals surface area contributed by atoms with Crippen molar-refractivity contribution >= 4 is 35.4 Å². The minimum atomic E-state index is -1.48. The van der Waals surface area contributed by atoms with Crippen molar-refractivity contribution in [3.63, 3.8) is 0 Å². The summed E-state index contributed by atoms with van der Waals surface area (Å²) >= 11 is 0. The van der Waals surface area contributed by atoms with Crippen LogP contribution in [-0.2, 0) is 41.6 Å². The van der Waals surface area contributed by atoms with E-state index in [1.54, 1.807) is 56.3 Å². The van der Waals surface area contributed by atoms with Gasteiger partial charge in [-0.2, -0.15) is 0 Å². The molecule has 266 valence electrons. The van der Waals surface area contributed by atoms with Crippen molar-refractivity contribution in [2.75, 3.05) is 6.54 Å². The van der Waals surface area contributed by atoms with Crippen molar-refractivity contribution in [1.82, 2.24) is 31.9 Å². The Morgan fingerprint density at radius 1 is 0.612 bits per heavy atom. The van der Waals surface area contributed by atoms with Crippen LogP contribution >= 0.6 is 0 Å². The van der Waals surface area contributed by atoms with E-state index in [4.69, 9.17) is 0 Å². The van der Waals surface area contributed by atoms with Gasteiger partial charge >= 0.3 is 0 Å². The number of hydrogen-bond donors (Lipinski definition) is 8. The Morgan fingerprint density at radius 2 is 1.12 bits per heavy atom. The van der Waals surface area contributed by atoms with Crippen LogP contribution in [0.5, 0.6) is 5.75 Å². The SMILES string of the molecule is CC(C)C[C@H]1NC(=O)[C@H](Cc2ccccc2)NC(=O)[C@@H]([C@H](C)O)NC(=O)CNC(=O)[C@@H](C(C)C)NC(=O)[C@H](Cc2ccc(O)cc2)NC1=O. The van der Waals surface area contributed by atoms with E-state index in [0.29, 0.717) is 11.1 Å². The fourth-order valence-electron chi connectivity index (χ4n) is 5.34. The number of aromatic hydroxyl groups is 1. The van der Waals surface area contributed by atoms with Crippen molar-refractivity contribution in [2.24, 2.45) is 11.8 Å². The zero-order valence-electron chi connectivity index (χ0n) is 28.5. The molecule has 2 aromatic rings. The van der Waals surface area contributed by atoms with Crippen LogP contribution in [0.1, 0.15) is 52.2 Å². The molecule has 1 heterocycles. The van der Waals surface area contributed by atoms with Crippen LogP contribution in [0.15, 0.2) is 54.6 Å². The van der Waals surface area contributed by atoms with Gasteiger partial charge in [-0.25, -0.2) is 0 Å². The van der Waals surface area contributed by atoms with Gasteiger partial charge < -0.3 is 42.1 Å². The lowest BCUT2D eigenvalue weighted by Gasteiger charge is -2.29. The molecule has 2 aromatic carbocycles. The summed E-state index contributed by atoms with van der Waals surface area (Å²) in [5.41, 5.74) is 1.30. The van der Waals surface area contributed by atoms with Gasteiger partial charge in [0.15, 0.2) is 0 Å². The van der Waals surface area contributed by atoms with Crippen molar-refractivity contribution < 1.29 is 39.0 Å². The van der Waals surface area contributed by atoms with Crippen molar-refractivity contribution in [2.45, 2.75) is 90.2 Å². The highest BCUT2D eigenvalue weighted by Crippen LogP contribution is 2.14. The molecule has 6 atom stereocenters. The second-order valence-corrected chi connectivity index (χ2v) is 13.1. The third kappa shape index (κ3) is 11.9. The Morgan fingerprint density at radius 3 is 1.67 bits per heavy atom. The number of carbonyl (C=O) groups excluding carboxylic acids is 6. The molecule has 14 heteroatoms. The molecule has 0 unspecified atom stereocenters. The van der Waals surface area contributed by atoms with E-state index < -0.39 is 84.2 Å². The van der Waals surface area contributed by atoms with Gasteiger partial charge in [0, 0.05) is 12.8 Å². The first-order valence-electron chi connectivity index (χ1n) is 16.4. The van der Waals surface area contributed by atoms with Gasteiger partial charge in [0.05, 0.1) is 12.6 Å². The van der Waals surface area contributed by atoms with Gasteiger partial charge in [0.1, 0.15) is 36.0 Å². The molecule has 0 aliphatic carbocycles. The molecule has 0 spiro atoms. The Labute approximate surface area is 286 Å². The van der Waals surface area contributed by atoms with Gasteiger partial charge in [-0.15, -0.1) is 0 Å². The summed E-state index contributed by atoms with van der Waals surface area (Å²) < 4.78 is 0. The topological polar surface area (TPSA) is 215 Å². The number of hydrogen-bond acceptors (Lipinski definition) is 8. The van der Waals surface area contributed by atoms with Crippen LogP contribution in [0.25, 0.3) is 0 Å². The molecule has 0 radical (unpaired) electrons. The molecule has 1 aliphatic heterocycles. The number of nitrogens with one attached hydrogen (secondary N) is 6. The molecule has 1 aliphatic rings.